The van der Waals surface area contributed by atoms with Crippen LogP contribution in [0.25, 0.3) is 0 Å². The molecule has 1 aliphatic heterocycles. The minimum atomic E-state index is -5.08. The molecule has 2 aromatic rings. The number of fused-ring (bicyclic) bond motifs is 1. The van der Waals surface area contributed by atoms with Crippen LogP contribution in [0.4, 0.5) is 13.2 Å². The van der Waals surface area contributed by atoms with Gasteiger partial charge in [-0.1, -0.05) is 0 Å². The fourth-order valence-electron chi connectivity index (χ4n) is 3.11. The number of carbonyl (C=O) groups excluding carboxylic acids is 1. The lowest BCUT2D eigenvalue weighted by atomic mass is 10.2. The van der Waals surface area contributed by atoms with Crippen molar-refractivity contribution < 1.29 is 32.3 Å². The first-order valence-electron chi connectivity index (χ1n) is 9.57. The lowest BCUT2D eigenvalue weighted by Crippen LogP contribution is -2.36. The summed E-state index contributed by atoms with van der Waals surface area (Å²) in [7, 11) is 0. The van der Waals surface area contributed by atoms with Crippen molar-refractivity contribution in [3.05, 3.63) is 41.9 Å². The van der Waals surface area contributed by atoms with Crippen LogP contribution in [-0.4, -0.2) is 50.7 Å². The van der Waals surface area contributed by atoms with Gasteiger partial charge in [-0.15, -0.1) is 0 Å². The number of carboxylic acid groups (broad SMARTS) is 1. The van der Waals surface area contributed by atoms with Gasteiger partial charge in [0.25, 0.3) is 5.91 Å². The van der Waals surface area contributed by atoms with Gasteiger partial charge in [0.2, 0.25) is 0 Å². The van der Waals surface area contributed by atoms with Crippen molar-refractivity contribution in [1.82, 2.24) is 19.8 Å². The number of furan rings is 1. The third-order valence-corrected chi connectivity index (χ3v) is 5.02. The number of nitrogens with one attached hydrogen (secondary N) is 1. The highest BCUT2D eigenvalue weighted by Gasteiger charge is 2.38. The second kappa shape index (κ2) is 8.90. The van der Waals surface area contributed by atoms with Crippen molar-refractivity contribution in [2.75, 3.05) is 13.1 Å². The summed E-state index contributed by atoms with van der Waals surface area (Å²) in [5.41, 5.74) is 0.535. The predicted octanol–water partition coefficient (Wildman–Crippen LogP) is 2.83. The van der Waals surface area contributed by atoms with Gasteiger partial charge in [0.15, 0.2) is 0 Å². The van der Waals surface area contributed by atoms with Crippen LogP contribution in [0.15, 0.2) is 29.0 Å². The molecule has 164 valence electrons. The zero-order valence-corrected chi connectivity index (χ0v) is 16.4. The maximum Gasteiger partial charge on any atom is 0.490 e. The largest absolute Gasteiger partial charge is 0.490 e. The Hall–Kier alpha value is -2.82. The molecule has 11 heteroatoms. The predicted molar refractivity (Wildman–Crippen MR) is 98.5 cm³/mol. The van der Waals surface area contributed by atoms with Crippen LogP contribution in [0.1, 0.15) is 47.9 Å². The Kier molecular flexibility index (Phi) is 6.49. The molecule has 8 nitrogen and oxygen atoms in total. The Labute approximate surface area is 170 Å². The second-order valence-corrected chi connectivity index (χ2v) is 7.36. The Morgan fingerprint density at radius 1 is 1.33 bits per heavy atom. The van der Waals surface area contributed by atoms with E-state index >= 15 is 0 Å². The van der Waals surface area contributed by atoms with Gasteiger partial charge in [0.1, 0.15) is 17.3 Å². The van der Waals surface area contributed by atoms with Gasteiger partial charge in [-0.05, 0) is 37.8 Å². The first kappa shape index (κ1) is 21.9. The van der Waals surface area contributed by atoms with Gasteiger partial charge < -0.3 is 19.4 Å². The van der Waals surface area contributed by atoms with E-state index in [1.165, 1.54) is 12.8 Å². The lowest BCUT2D eigenvalue weighted by molar-refractivity contribution is -0.192. The van der Waals surface area contributed by atoms with E-state index in [2.05, 4.69) is 26.7 Å². The number of alkyl halides is 3. The topological polar surface area (TPSA) is 101 Å². The standard InChI is InChI=1S/C17H22N4O2.C2HF3O2/c1-12-16-19-15(17(22)18-9-13-4-5-13)11-21(16)7-6-20(12)10-14-3-2-8-23-14;3-2(4,5)1(6)7/h2-3,8,11-13H,4-7,9-10H2,1H3,(H,18,22);(H,6,7). The van der Waals surface area contributed by atoms with Gasteiger partial charge in [-0.25, -0.2) is 9.78 Å². The molecule has 2 aliphatic rings. The van der Waals surface area contributed by atoms with E-state index in [4.69, 9.17) is 14.3 Å². The van der Waals surface area contributed by atoms with Crippen molar-refractivity contribution in [2.45, 2.75) is 45.1 Å². The summed E-state index contributed by atoms with van der Waals surface area (Å²) in [5, 5.41) is 10.1. The molecule has 0 aromatic carbocycles. The molecule has 0 radical (unpaired) electrons. The van der Waals surface area contributed by atoms with Crippen molar-refractivity contribution in [3.63, 3.8) is 0 Å². The summed E-state index contributed by atoms with van der Waals surface area (Å²) in [4.78, 5) is 28.0. The van der Waals surface area contributed by atoms with E-state index in [1.54, 1.807) is 6.26 Å². The first-order valence-corrected chi connectivity index (χ1v) is 9.57. The molecule has 30 heavy (non-hydrogen) atoms. The molecular formula is C19H23F3N4O4. The number of carbonyl (C=O) groups is 2. The molecule has 1 atom stereocenters. The molecule has 2 aromatic heterocycles. The summed E-state index contributed by atoms with van der Waals surface area (Å²) in [6.45, 7) is 5.45. The highest BCUT2D eigenvalue weighted by atomic mass is 19.4. The SMILES string of the molecule is CC1c2nc(C(=O)NCC3CC3)cn2CCN1Cc1ccco1.O=C(O)C(F)(F)F. The van der Waals surface area contributed by atoms with Crippen molar-refractivity contribution in [2.24, 2.45) is 5.92 Å². The van der Waals surface area contributed by atoms with Crippen molar-refractivity contribution in [3.8, 4) is 0 Å². The van der Waals surface area contributed by atoms with Crippen LogP contribution in [0.3, 0.4) is 0 Å². The molecule has 1 amide bonds. The van der Waals surface area contributed by atoms with Gasteiger partial charge in [0.05, 0.1) is 18.8 Å². The number of hydrogen-bond donors (Lipinski definition) is 2. The third kappa shape index (κ3) is 5.62. The van der Waals surface area contributed by atoms with Gasteiger partial charge in [0, 0.05) is 25.8 Å². The van der Waals surface area contributed by atoms with Gasteiger partial charge >= 0.3 is 12.1 Å². The molecule has 1 unspecified atom stereocenters. The number of aliphatic carboxylic acids is 1. The zero-order chi connectivity index (χ0) is 21.9. The Balaban J connectivity index is 0.000000318. The Morgan fingerprint density at radius 2 is 2.03 bits per heavy atom. The number of aromatic nitrogens is 2. The second-order valence-electron chi connectivity index (χ2n) is 7.36. The summed E-state index contributed by atoms with van der Waals surface area (Å²) in [6, 6.07) is 4.07. The van der Waals surface area contributed by atoms with E-state index in [-0.39, 0.29) is 11.9 Å². The van der Waals surface area contributed by atoms with Crippen LogP contribution < -0.4 is 5.32 Å². The fraction of sp³-hybridized carbons (Fsp3) is 0.526. The van der Waals surface area contributed by atoms with Crippen LogP contribution in [0.2, 0.25) is 0 Å². The molecule has 4 rings (SSSR count). The summed E-state index contributed by atoms with van der Waals surface area (Å²) >= 11 is 0. The molecule has 0 saturated heterocycles. The molecular weight excluding hydrogens is 405 g/mol. The molecule has 3 heterocycles. The van der Waals surface area contributed by atoms with Crippen LogP contribution in [0.5, 0.6) is 0 Å². The number of rotatable bonds is 5. The average molecular weight is 428 g/mol. The number of hydrogen-bond acceptors (Lipinski definition) is 5. The van der Waals surface area contributed by atoms with Gasteiger partial charge in [-0.2, -0.15) is 13.2 Å². The highest BCUT2D eigenvalue weighted by Crippen LogP contribution is 2.28. The maximum absolute atomic E-state index is 12.2. The van der Waals surface area contributed by atoms with E-state index in [0.717, 1.165) is 37.8 Å². The number of amides is 1. The summed E-state index contributed by atoms with van der Waals surface area (Å²) in [6.07, 6.45) is 0.975. The van der Waals surface area contributed by atoms with Gasteiger partial charge in [-0.3, -0.25) is 9.69 Å². The number of nitrogens with zero attached hydrogens (tertiary/aromatic N) is 3. The highest BCUT2D eigenvalue weighted by molar-refractivity contribution is 5.92. The quantitative estimate of drug-likeness (QED) is 0.760. The molecule has 1 fully saturated rings. The minimum Gasteiger partial charge on any atom is -0.475 e. The summed E-state index contributed by atoms with van der Waals surface area (Å²) in [5.74, 6) is -0.214. The zero-order valence-electron chi connectivity index (χ0n) is 16.4. The minimum absolute atomic E-state index is 0.0522. The Morgan fingerprint density at radius 3 is 2.60 bits per heavy atom. The normalized spacial score (nSPS) is 18.9. The molecule has 0 spiro atoms. The number of halogens is 3. The van der Waals surface area contributed by atoms with E-state index < -0.39 is 12.1 Å². The molecule has 1 aliphatic carbocycles. The van der Waals surface area contributed by atoms with Crippen LogP contribution in [-0.2, 0) is 17.9 Å². The Bertz CT molecular complexity index is 875. The number of carboxylic acids is 1. The third-order valence-electron chi connectivity index (χ3n) is 5.02. The van der Waals surface area contributed by atoms with Crippen LogP contribution in [0, 0.1) is 5.92 Å². The average Bonchev–Trinajstić information content (AvgIpc) is 3.17. The van der Waals surface area contributed by atoms with E-state index in [9.17, 15) is 18.0 Å². The molecule has 2 N–H and O–H groups in total. The molecule has 0 bridgehead atoms. The number of imidazole rings is 1. The first-order chi connectivity index (χ1) is 14.1. The van der Waals surface area contributed by atoms with Crippen LogP contribution >= 0.6 is 0 Å². The fourth-order valence-corrected chi connectivity index (χ4v) is 3.11. The van der Waals surface area contributed by atoms with Crippen molar-refractivity contribution in [1.29, 1.82) is 0 Å². The summed E-state index contributed by atoms with van der Waals surface area (Å²) < 4.78 is 39.3. The smallest absolute Gasteiger partial charge is 0.475 e. The molecule has 1 saturated carbocycles. The lowest BCUT2D eigenvalue weighted by Gasteiger charge is -2.32. The van der Waals surface area contributed by atoms with E-state index in [1.807, 2.05) is 18.3 Å². The maximum atomic E-state index is 12.2. The van der Waals surface area contributed by atoms with Crippen molar-refractivity contribution >= 4 is 11.9 Å². The van der Waals surface area contributed by atoms with E-state index in [0.29, 0.717) is 11.6 Å². The monoisotopic (exact) mass is 428 g/mol.